The van der Waals surface area contributed by atoms with Crippen molar-refractivity contribution in [2.45, 2.75) is 13.3 Å². The Balaban J connectivity index is 1.63. The van der Waals surface area contributed by atoms with Gasteiger partial charge in [-0.2, -0.15) is 0 Å². The molecule has 2 aromatic carbocycles. The van der Waals surface area contributed by atoms with Crippen molar-refractivity contribution in [3.8, 4) is 11.5 Å². The van der Waals surface area contributed by atoms with Crippen LogP contribution in [0.1, 0.15) is 21.5 Å². The average Bonchev–Trinajstić information content (AvgIpc) is 2.64. The summed E-state index contributed by atoms with van der Waals surface area (Å²) < 4.78 is 10.9. The lowest BCUT2D eigenvalue weighted by atomic mass is 9.98. The number of hydrogen-bond donors (Lipinski definition) is 2. The first-order valence-corrected chi connectivity index (χ1v) is 8.49. The van der Waals surface area contributed by atoms with E-state index in [1.807, 2.05) is 31.2 Å². The van der Waals surface area contributed by atoms with Crippen LogP contribution in [0.3, 0.4) is 0 Å². The predicted molar refractivity (Wildman–Crippen MR) is 95.8 cm³/mol. The van der Waals surface area contributed by atoms with Gasteiger partial charge in [0.2, 0.25) is 0 Å². The molecule has 0 saturated heterocycles. The molecule has 6 heteroatoms. The minimum Gasteiger partial charge on any atom is -0.486 e. The van der Waals surface area contributed by atoms with Crippen molar-refractivity contribution in [1.29, 1.82) is 0 Å². The molecule has 26 heavy (non-hydrogen) atoms. The zero-order chi connectivity index (χ0) is 18.5. The first-order valence-electron chi connectivity index (χ1n) is 8.49. The summed E-state index contributed by atoms with van der Waals surface area (Å²) in [6.45, 7) is 2.94. The standard InChI is InChI=1S/C20H21NO5/c1-13-3-2-4-14(9-13)10-16(20(23)24)12-21-19(22)15-5-6-17-18(11-15)26-8-7-25-17/h2-6,9,11,16H,7-8,10,12H2,1H3,(H,21,22)(H,23,24). The van der Waals surface area contributed by atoms with Crippen LogP contribution in [-0.2, 0) is 11.2 Å². The second-order valence-electron chi connectivity index (χ2n) is 6.30. The number of carbonyl (C=O) groups is 2. The summed E-state index contributed by atoms with van der Waals surface area (Å²) >= 11 is 0. The van der Waals surface area contributed by atoms with E-state index in [1.165, 1.54) is 0 Å². The molecule has 3 rings (SSSR count). The molecule has 0 radical (unpaired) electrons. The van der Waals surface area contributed by atoms with E-state index >= 15 is 0 Å². The fourth-order valence-electron chi connectivity index (χ4n) is 2.87. The lowest BCUT2D eigenvalue weighted by Crippen LogP contribution is -2.34. The quantitative estimate of drug-likeness (QED) is 0.831. The summed E-state index contributed by atoms with van der Waals surface area (Å²) in [6.07, 6.45) is 0.360. The number of carboxylic acids is 1. The van der Waals surface area contributed by atoms with E-state index in [0.717, 1.165) is 11.1 Å². The maximum atomic E-state index is 12.4. The molecular weight excluding hydrogens is 334 g/mol. The first-order chi connectivity index (χ1) is 12.5. The largest absolute Gasteiger partial charge is 0.486 e. The highest BCUT2D eigenvalue weighted by molar-refractivity contribution is 5.95. The molecule has 1 unspecified atom stereocenters. The summed E-state index contributed by atoms with van der Waals surface area (Å²) in [5, 5.41) is 12.2. The Labute approximate surface area is 151 Å². The Kier molecular flexibility index (Phi) is 5.41. The second kappa shape index (κ2) is 7.91. The maximum absolute atomic E-state index is 12.4. The van der Waals surface area contributed by atoms with Crippen LogP contribution in [0.15, 0.2) is 42.5 Å². The maximum Gasteiger partial charge on any atom is 0.308 e. The molecule has 1 heterocycles. The highest BCUT2D eigenvalue weighted by atomic mass is 16.6. The van der Waals surface area contributed by atoms with Crippen LogP contribution in [0, 0.1) is 12.8 Å². The molecule has 1 amide bonds. The SMILES string of the molecule is Cc1cccc(CC(CNC(=O)c2ccc3c(c2)OCCO3)C(=O)O)c1. The third-order valence-electron chi connectivity index (χ3n) is 4.23. The molecule has 0 spiro atoms. The number of fused-ring (bicyclic) bond motifs is 1. The molecule has 0 aliphatic carbocycles. The van der Waals surface area contributed by atoms with Crippen molar-refractivity contribution in [3.05, 3.63) is 59.2 Å². The Morgan fingerprint density at radius 2 is 1.88 bits per heavy atom. The number of amides is 1. The summed E-state index contributed by atoms with van der Waals surface area (Å²) in [6, 6.07) is 12.6. The van der Waals surface area contributed by atoms with Crippen LogP contribution < -0.4 is 14.8 Å². The monoisotopic (exact) mass is 355 g/mol. The minimum absolute atomic E-state index is 0.0521. The highest BCUT2D eigenvalue weighted by Crippen LogP contribution is 2.30. The van der Waals surface area contributed by atoms with Gasteiger partial charge in [-0.25, -0.2) is 0 Å². The van der Waals surface area contributed by atoms with Crippen molar-refractivity contribution in [1.82, 2.24) is 5.32 Å². The fraction of sp³-hybridized carbons (Fsp3) is 0.300. The molecular formula is C20H21NO5. The molecule has 6 nitrogen and oxygen atoms in total. The smallest absolute Gasteiger partial charge is 0.308 e. The number of nitrogens with one attached hydrogen (secondary N) is 1. The third-order valence-corrected chi connectivity index (χ3v) is 4.23. The Bertz CT molecular complexity index is 818. The fourth-order valence-corrected chi connectivity index (χ4v) is 2.87. The van der Waals surface area contributed by atoms with Crippen molar-refractivity contribution >= 4 is 11.9 Å². The van der Waals surface area contributed by atoms with Gasteiger partial charge in [0.1, 0.15) is 13.2 Å². The summed E-state index contributed by atoms with van der Waals surface area (Å²) in [5.74, 6) is -0.835. The molecule has 0 aromatic heterocycles. The normalized spacial score (nSPS) is 13.7. The topological polar surface area (TPSA) is 84.9 Å². The minimum atomic E-state index is -0.936. The van der Waals surface area contributed by atoms with Crippen molar-refractivity contribution in [2.75, 3.05) is 19.8 Å². The molecule has 0 saturated carbocycles. The average molecular weight is 355 g/mol. The van der Waals surface area contributed by atoms with E-state index in [0.29, 0.717) is 36.7 Å². The van der Waals surface area contributed by atoms with Gasteiger partial charge in [-0.05, 0) is 37.1 Å². The van der Waals surface area contributed by atoms with Crippen LogP contribution in [0.4, 0.5) is 0 Å². The summed E-state index contributed by atoms with van der Waals surface area (Å²) in [5.41, 5.74) is 2.42. The van der Waals surface area contributed by atoms with E-state index < -0.39 is 11.9 Å². The van der Waals surface area contributed by atoms with Crippen molar-refractivity contribution in [3.63, 3.8) is 0 Å². The van der Waals surface area contributed by atoms with Gasteiger partial charge in [-0.1, -0.05) is 29.8 Å². The molecule has 136 valence electrons. The Morgan fingerprint density at radius 3 is 2.62 bits per heavy atom. The van der Waals surface area contributed by atoms with Gasteiger partial charge in [0.05, 0.1) is 5.92 Å². The number of hydrogen-bond acceptors (Lipinski definition) is 4. The van der Waals surface area contributed by atoms with Crippen molar-refractivity contribution < 1.29 is 24.2 Å². The molecule has 1 aliphatic rings. The van der Waals surface area contributed by atoms with Gasteiger partial charge in [0.25, 0.3) is 5.91 Å². The van der Waals surface area contributed by atoms with Crippen LogP contribution in [0.2, 0.25) is 0 Å². The first kappa shape index (κ1) is 17.8. The molecule has 1 aliphatic heterocycles. The highest BCUT2D eigenvalue weighted by Gasteiger charge is 2.20. The molecule has 0 fully saturated rings. The second-order valence-corrected chi connectivity index (χ2v) is 6.30. The van der Waals surface area contributed by atoms with Crippen LogP contribution >= 0.6 is 0 Å². The van der Waals surface area contributed by atoms with Gasteiger partial charge in [-0.3, -0.25) is 9.59 Å². The number of rotatable bonds is 6. The zero-order valence-electron chi connectivity index (χ0n) is 14.5. The molecule has 1 atom stereocenters. The van der Waals surface area contributed by atoms with Crippen LogP contribution in [-0.4, -0.2) is 36.7 Å². The number of ether oxygens (including phenoxy) is 2. The molecule has 2 aromatic rings. The predicted octanol–water partition coefficient (Wildman–Crippen LogP) is 2.44. The zero-order valence-corrected chi connectivity index (χ0v) is 14.5. The number of benzene rings is 2. The molecule has 0 bridgehead atoms. The van der Waals surface area contributed by atoms with Crippen LogP contribution in [0.5, 0.6) is 11.5 Å². The van der Waals surface area contributed by atoms with E-state index in [9.17, 15) is 14.7 Å². The number of aliphatic carboxylic acids is 1. The van der Waals surface area contributed by atoms with Gasteiger partial charge < -0.3 is 19.9 Å². The van der Waals surface area contributed by atoms with Crippen molar-refractivity contribution in [2.24, 2.45) is 5.92 Å². The van der Waals surface area contributed by atoms with E-state index in [4.69, 9.17) is 9.47 Å². The number of aryl methyl sites for hydroxylation is 1. The summed E-state index contributed by atoms with van der Waals surface area (Å²) in [4.78, 5) is 23.9. The lowest BCUT2D eigenvalue weighted by Gasteiger charge is -2.19. The number of carboxylic acid groups (broad SMARTS) is 1. The van der Waals surface area contributed by atoms with E-state index in [1.54, 1.807) is 18.2 Å². The van der Waals surface area contributed by atoms with Crippen LogP contribution in [0.25, 0.3) is 0 Å². The van der Waals surface area contributed by atoms with E-state index in [2.05, 4.69) is 5.32 Å². The van der Waals surface area contributed by atoms with Gasteiger partial charge in [0.15, 0.2) is 11.5 Å². The van der Waals surface area contributed by atoms with E-state index in [-0.39, 0.29) is 12.5 Å². The lowest BCUT2D eigenvalue weighted by molar-refractivity contribution is -0.141. The number of carbonyl (C=O) groups excluding carboxylic acids is 1. The van der Waals surface area contributed by atoms with Gasteiger partial charge in [0, 0.05) is 12.1 Å². The van der Waals surface area contributed by atoms with Gasteiger partial charge in [-0.15, -0.1) is 0 Å². The third kappa shape index (κ3) is 4.33. The summed E-state index contributed by atoms with van der Waals surface area (Å²) in [7, 11) is 0. The molecule has 2 N–H and O–H groups in total. The Hall–Kier alpha value is -3.02. The Morgan fingerprint density at radius 1 is 1.12 bits per heavy atom. The van der Waals surface area contributed by atoms with Gasteiger partial charge >= 0.3 is 5.97 Å².